The number of ether oxygens (including phenoxy) is 1. The van der Waals surface area contributed by atoms with Gasteiger partial charge in [-0.2, -0.15) is 0 Å². The summed E-state index contributed by atoms with van der Waals surface area (Å²) in [6.45, 7) is 7.49. The fourth-order valence-corrected chi connectivity index (χ4v) is 2.19. The maximum atomic E-state index is 12.0. The summed E-state index contributed by atoms with van der Waals surface area (Å²) in [7, 11) is 0. The average Bonchev–Trinajstić information content (AvgIpc) is 2.39. The molecule has 1 saturated heterocycles. The van der Waals surface area contributed by atoms with Gasteiger partial charge in [-0.25, -0.2) is 0 Å². The van der Waals surface area contributed by atoms with Crippen molar-refractivity contribution >= 4 is 11.5 Å². The molecule has 0 N–H and O–H groups in total. The Balaban J connectivity index is 2.11. The number of morpholine rings is 1. The van der Waals surface area contributed by atoms with E-state index in [0.29, 0.717) is 12.3 Å². The third-order valence-electron chi connectivity index (χ3n) is 3.14. The van der Waals surface area contributed by atoms with Crippen LogP contribution in [-0.4, -0.2) is 32.1 Å². The van der Waals surface area contributed by atoms with E-state index in [2.05, 4.69) is 24.8 Å². The van der Waals surface area contributed by atoms with Gasteiger partial charge < -0.3 is 9.64 Å². The van der Waals surface area contributed by atoms with E-state index in [0.717, 1.165) is 37.6 Å². The zero-order valence-corrected chi connectivity index (χ0v) is 11.2. The molecule has 18 heavy (non-hydrogen) atoms. The second-order valence-electron chi connectivity index (χ2n) is 5.17. The minimum absolute atomic E-state index is 0.236. The lowest BCUT2D eigenvalue weighted by molar-refractivity contribution is 0.0968. The zero-order valence-electron chi connectivity index (χ0n) is 11.2. The second-order valence-corrected chi connectivity index (χ2v) is 5.17. The van der Waals surface area contributed by atoms with E-state index < -0.39 is 0 Å². The Morgan fingerprint density at radius 3 is 2.72 bits per heavy atom. The number of carbonyl (C=O) groups excluding carboxylic acids is 1. The van der Waals surface area contributed by atoms with Crippen molar-refractivity contribution in [1.29, 1.82) is 0 Å². The fourth-order valence-electron chi connectivity index (χ4n) is 2.19. The Hall–Kier alpha value is -1.35. The van der Waals surface area contributed by atoms with E-state index in [4.69, 9.17) is 4.74 Å². The molecule has 98 valence electrons. The van der Waals surface area contributed by atoms with Gasteiger partial charge in [0.2, 0.25) is 0 Å². The van der Waals surface area contributed by atoms with Crippen LogP contribution in [0.4, 0.5) is 5.69 Å². The molecule has 0 spiro atoms. The Morgan fingerprint density at radius 1 is 1.33 bits per heavy atom. The van der Waals surface area contributed by atoms with E-state index in [1.165, 1.54) is 0 Å². The molecule has 0 amide bonds. The quantitative estimate of drug-likeness (QED) is 0.766. The predicted octanol–water partition coefficient (Wildman–Crippen LogP) is 2.75. The third-order valence-corrected chi connectivity index (χ3v) is 3.14. The molecule has 1 fully saturated rings. The van der Waals surface area contributed by atoms with Crippen LogP contribution in [0.15, 0.2) is 24.3 Å². The van der Waals surface area contributed by atoms with E-state index in [1.807, 2.05) is 18.2 Å². The highest BCUT2D eigenvalue weighted by atomic mass is 16.5. The summed E-state index contributed by atoms with van der Waals surface area (Å²) < 4.78 is 5.34. The minimum atomic E-state index is 0.236. The van der Waals surface area contributed by atoms with Gasteiger partial charge in [-0.05, 0) is 18.1 Å². The predicted molar refractivity (Wildman–Crippen MR) is 73.3 cm³/mol. The molecule has 0 radical (unpaired) electrons. The molecule has 3 nitrogen and oxygen atoms in total. The van der Waals surface area contributed by atoms with Crippen LogP contribution in [0.1, 0.15) is 30.6 Å². The molecular weight excluding hydrogens is 226 g/mol. The summed E-state index contributed by atoms with van der Waals surface area (Å²) >= 11 is 0. The third kappa shape index (κ3) is 3.33. The molecule has 0 atom stereocenters. The van der Waals surface area contributed by atoms with Gasteiger partial charge in [-0.1, -0.05) is 26.0 Å². The number of Topliss-reactive ketones (excluding diaryl/α,β-unsaturated/α-hetero) is 1. The summed E-state index contributed by atoms with van der Waals surface area (Å²) in [6.07, 6.45) is 0.618. The van der Waals surface area contributed by atoms with Gasteiger partial charge in [-0.3, -0.25) is 4.79 Å². The van der Waals surface area contributed by atoms with Crippen LogP contribution in [0, 0.1) is 5.92 Å². The molecule has 1 aliphatic heterocycles. The summed E-state index contributed by atoms with van der Waals surface area (Å²) in [4.78, 5) is 14.3. The Kier molecular flexibility index (Phi) is 4.37. The van der Waals surface area contributed by atoms with E-state index in [1.54, 1.807) is 0 Å². The highest BCUT2D eigenvalue weighted by Crippen LogP contribution is 2.19. The van der Waals surface area contributed by atoms with Crippen molar-refractivity contribution in [2.75, 3.05) is 31.2 Å². The van der Waals surface area contributed by atoms with Crippen LogP contribution in [0.3, 0.4) is 0 Å². The van der Waals surface area contributed by atoms with Crippen molar-refractivity contribution in [2.45, 2.75) is 20.3 Å². The van der Waals surface area contributed by atoms with Crippen molar-refractivity contribution in [3.05, 3.63) is 29.8 Å². The Bertz CT molecular complexity index is 409. The number of hydrogen-bond acceptors (Lipinski definition) is 3. The highest BCUT2D eigenvalue weighted by Gasteiger charge is 2.13. The number of nitrogens with zero attached hydrogens (tertiary/aromatic N) is 1. The molecule has 1 aromatic carbocycles. The second kappa shape index (κ2) is 6.01. The Morgan fingerprint density at radius 2 is 2.06 bits per heavy atom. The molecule has 0 saturated carbocycles. The fraction of sp³-hybridized carbons (Fsp3) is 0.533. The molecule has 1 aromatic rings. The van der Waals surface area contributed by atoms with Crippen molar-refractivity contribution in [2.24, 2.45) is 5.92 Å². The molecule has 0 aliphatic carbocycles. The number of rotatable bonds is 4. The number of anilines is 1. The van der Waals surface area contributed by atoms with Crippen LogP contribution < -0.4 is 4.90 Å². The lowest BCUT2D eigenvalue weighted by atomic mass is 10.0. The summed E-state index contributed by atoms with van der Waals surface area (Å²) in [5.74, 6) is 0.643. The van der Waals surface area contributed by atoms with Crippen LogP contribution in [-0.2, 0) is 4.74 Å². The topological polar surface area (TPSA) is 29.5 Å². The monoisotopic (exact) mass is 247 g/mol. The summed E-state index contributed by atoms with van der Waals surface area (Å²) in [6, 6.07) is 7.96. The first-order valence-electron chi connectivity index (χ1n) is 6.63. The van der Waals surface area contributed by atoms with Crippen molar-refractivity contribution in [1.82, 2.24) is 0 Å². The van der Waals surface area contributed by atoms with Crippen LogP contribution in [0.5, 0.6) is 0 Å². The first kappa shape index (κ1) is 13.1. The molecular formula is C15H21NO2. The maximum absolute atomic E-state index is 12.0. The molecule has 1 aliphatic rings. The van der Waals surface area contributed by atoms with Gasteiger partial charge in [0.1, 0.15) is 0 Å². The van der Waals surface area contributed by atoms with Crippen molar-refractivity contribution in [3.63, 3.8) is 0 Å². The highest BCUT2D eigenvalue weighted by molar-refractivity contribution is 5.97. The molecule has 1 heterocycles. The first-order chi connectivity index (χ1) is 8.66. The SMILES string of the molecule is CC(C)CC(=O)c1cccc(N2CCOCC2)c1. The first-order valence-corrected chi connectivity index (χ1v) is 6.63. The van der Waals surface area contributed by atoms with Crippen molar-refractivity contribution in [3.8, 4) is 0 Å². The molecule has 0 aromatic heterocycles. The smallest absolute Gasteiger partial charge is 0.163 e. The number of benzene rings is 1. The molecule has 2 rings (SSSR count). The van der Waals surface area contributed by atoms with Crippen LogP contribution >= 0.6 is 0 Å². The Labute approximate surface area is 109 Å². The minimum Gasteiger partial charge on any atom is -0.378 e. The maximum Gasteiger partial charge on any atom is 0.163 e. The van der Waals surface area contributed by atoms with Crippen LogP contribution in [0.25, 0.3) is 0 Å². The normalized spacial score (nSPS) is 16.1. The number of ketones is 1. The lowest BCUT2D eigenvalue weighted by Crippen LogP contribution is -2.36. The molecule has 0 bridgehead atoms. The van der Waals surface area contributed by atoms with Gasteiger partial charge in [0.05, 0.1) is 13.2 Å². The summed E-state index contributed by atoms with van der Waals surface area (Å²) in [5, 5.41) is 0. The molecule has 0 unspecified atom stereocenters. The molecule has 3 heteroatoms. The van der Waals surface area contributed by atoms with Gasteiger partial charge in [0.15, 0.2) is 5.78 Å². The van der Waals surface area contributed by atoms with Crippen molar-refractivity contribution < 1.29 is 9.53 Å². The standard InChI is InChI=1S/C15H21NO2/c1-12(2)10-15(17)13-4-3-5-14(11-13)16-6-8-18-9-7-16/h3-5,11-12H,6-10H2,1-2H3. The van der Waals surface area contributed by atoms with E-state index >= 15 is 0 Å². The van der Waals surface area contributed by atoms with Gasteiger partial charge in [0, 0.05) is 30.8 Å². The van der Waals surface area contributed by atoms with E-state index in [-0.39, 0.29) is 5.78 Å². The van der Waals surface area contributed by atoms with Gasteiger partial charge in [-0.15, -0.1) is 0 Å². The van der Waals surface area contributed by atoms with Crippen LogP contribution in [0.2, 0.25) is 0 Å². The average molecular weight is 247 g/mol. The van der Waals surface area contributed by atoms with E-state index in [9.17, 15) is 4.79 Å². The summed E-state index contributed by atoms with van der Waals surface area (Å²) in [5.41, 5.74) is 1.96. The zero-order chi connectivity index (χ0) is 13.0. The lowest BCUT2D eigenvalue weighted by Gasteiger charge is -2.29. The van der Waals surface area contributed by atoms with Gasteiger partial charge >= 0.3 is 0 Å². The van der Waals surface area contributed by atoms with Gasteiger partial charge in [0.25, 0.3) is 0 Å². The number of hydrogen-bond donors (Lipinski definition) is 0. The number of carbonyl (C=O) groups is 1. The largest absolute Gasteiger partial charge is 0.378 e.